The average molecular weight is 286 g/mol. The summed E-state index contributed by atoms with van der Waals surface area (Å²) in [6.45, 7) is 3.59. The number of nitrogens with zero attached hydrogens (tertiary/aromatic N) is 2. The monoisotopic (exact) mass is 286 g/mol. The molecule has 0 fully saturated rings. The fraction of sp³-hybridized carbons (Fsp3) is 0.312. The molecule has 21 heavy (non-hydrogen) atoms. The molecule has 0 radical (unpaired) electrons. The maximum Gasteiger partial charge on any atom is 0.320 e. The van der Waals surface area contributed by atoms with Gasteiger partial charge in [-0.05, 0) is 30.2 Å². The third-order valence-electron chi connectivity index (χ3n) is 3.07. The minimum atomic E-state index is -1.53. The first-order chi connectivity index (χ1) is 10.4. The van der Waals surface area contributed by atoms with Crippen molar-refractivity contribution in [1.29, 1.82) is 0 Å². The second-order valence-corrected chi connectivity index (χ2v) is 5.01. The molecule has 2 N–H and O–H groups in total. The Morgan fingerprint density at radius 3 is 2.00 bits per heavy atom. The molecule has 2 heterocycles. The molecule has 0 aliphatic heterocycles. The van der Waals surface area contributed by atoms with Gasteiger partial charge in [-0.15, -0.1) is 0 Å². The Morgan fingerprint density at radius 1 is 1.14 bits per heavy atom. The quantitative estimate of drug-likeness (QED) is 0.852. The molecule has 0 unspecified atom stereocenters. The van der Waals surface area contributed by atoms with Crippen molar-refractivity contribution in [3.63, 3.8) is 0 Å². The van der Waals surface area contributed by atoms with E-state index in [0.717, 1.165) is 0 Å². The minimum Gasteiger partial charge on any atom is -0.480 e. The molecule has 0 saturated heterocycles. The average Bonchev–Trinajstić information content (AvgIpc) is 2.53. The number of pyridine rings is 2. The first-order valence-corrected chi connectivity index (χ1v) is 6.78. The van der Waals surface area contributed by atoms with Crippen molar-refractivity contribution < 1.29 is 11.3 Å². The number of hydrogen-bond acceptors (Lipinski definition) is 4. The summed E-state index contributed by atoms with van der Waals surface area (Å²) >= 11 is 0. The molecule has 5 nitrogen and oxygen atoms in total. The summed E-state index contributed by atoms with van der Waals surface area (Å²) in [7, 11) is 0. The van der Waals surface area contributed by atoms with Crippen molar-refractivity contribution in [3.05, 3.63) is 60.2 Å². The fourth-order valence-electron chi connectivity index (χ4n) is 1.97. The van der Waals surface area contributed by atoms with Crippen LogP contribution < -0.4 is 5.32 Å². The van der Waals surface area contributed by atoms with Gasteiger partial charge in [-0.2, -0.15) is 0 Å². The molecule has 0 aromatic carbocycles. The molecular weight excluding hydrogens is 266 g/mol. The standard InChI is InChI=1S/C16H19N3O2/c1-11(2)14(16(20)21)19-15(12-7-3-5-9-17-12)13-8-4-6-10-18-13/h3-11,14-15,19H,1-2H3,(H,20,21)/t14-/m0/s1/i15D. The van der Waals surface area contributed by atoms with E-state index in [0.29, 0.717) is 11.4 Å². The minimum absolute atomic E-state index is 0.186. The van der Waals surface area contributed by atoms with Gasteiger partial charge in [0.05, 0.1) is 18.8 Å². The molecule has 0 aliphatic carbocycles. The van der Waals surface area contributed by atoms with Crippen molar-refractivity contribution in [2.75, 3.05) is 0 Å². The Balaban J connectivity index is 2.49. The van der Waals surface area contributed by atoms with Crippen LogP contribution in [0.4, 0.5) is 0 Å². The second-order valence-electron chi connectivity index (χ2n) is 5.01. The summed E-state index contributed by atoms with van der Waals surface area (Å²) in [5.74, 6) is -1.19. The molecule has 0 saturated carbocycles. The maximum atomic E-state index is 11.5. The summed E-state index contributed by atoms with van der Waals surface area (Å²) in [5, 5.41) is 12.3. The van der Waals surface area contributed by atoms with Gasteiger partial charge in [0.25, 0.3) is 0 Å². The van der Waals surface area contributed by atoms with Gasteiger partial charge in [0.1, 0.15) is 6.04 Å². The third kappa shape index (κ3) is 3.86. The smallest absolute Gasteiger partial charge is 0.320 e. The third-order valence-corrected chi connectivity index (χ3v) is 3.07. The Labute approximate surface area is 125 Å². The van der Waals surface area contributed by atoms with E-state index in [4.69, 9.17) is 1.37 Å². The van der Waals surface area contributed by atoms with Crippen LogP contribution in [-0.2, 0) is 4.79 Å². The number of aliphatic carboxylic acids is 1. The zero-order valence-corrected chi connectivity index (χ0v) is 12.0. The second kappa shape index (κ2) is 6.95. The first-order valence-electron chi connectivity index (χ1n) is 7.28. The normalized spacial score (nSPS) is 13.8. The lowest BCUT2D eigenvalue weighted by Gasteiger charge is -2.25. The highest BCUT2D eigenvalue weighted by Gasteiger charge is 2.27. The van der Waals surface area contributed by atoms with Gasteiger partial charge in [-0.25, -0.2) is 0 Å². The number of carboxylic acids is 1. The van der Waals surface area contributed by atoms with Crippen LogP contribution in [0.3, 0.4) is 0 Å². The molecule has 110 valence electrons. The number of aromatic nitrogens is 2. The van der Waals surface area contributed by atoms with Gasteiger partial charge in [0.2, 0.25) is 0 Å². The van der Waals surface area contributed by atoms with E-state index in [1.165, 1.54) is 0 Å². The Kier molecular flexibility index (Phi) is 4.53. The van der Waals surface area contributed by atoms with E-state index in [-0.39, 0.29) is 5.92 Å². The highest BCUT2D eigenvalue weighted by molar-refractivity contribution is 5.73. The van der Waals surface area contributed by atoms with Gasteiger partial charge >= 0.3 is 5.97 Å². The Bertz CT molecular complexity index is 580. The Morgan fingerprint density at radius 2 is 1.67 bits per heavy atom. The van der Waals surface area contributed by atoms with Gasteiger partial charge in [-0.1, -0.05) is 26.0 Å². The lowest BCUT2D eigenvalue weighted by atomic mass is 10.0. The SMILES string of the molecule is [2H]C(N[C@H](C(=O)O)C(C)C)(c1ccccn1)c1ccccn1. The maximum absolute atomic E-state index is 11.5. The molecule has 2 aromatic rings. The summed E-state index contributed by atoms with van der Waals surface area (Å²) < 4.78 is 8.82. The molecule has 1 atom stereocenters. The van der Waals surface area contributed by atoms with Crippen molar-refractivity contribution in [1.82, 2.24) is 15.3 Å². The number of carbonyl (C=O) groups is 1. The summed E-state index contributed by atoms with van der Waals surface area (Å²) in [6, 6.07) is 7.99. The van der Waals surface area contributed by atoms with Crippen LogP contribution in [0.25, 0.3) is 0 Å². The Hall–Kier alpha value is -2.27. The van der Waals surface area contributed by atoms with E-state index < -0.39 is 18.0 Å². The van der Waals surface area contributed by atoms with Crippen molar-refractivity contribution >= 4 is 5.97 Å². The zero-order chi connectivity index (χ0) is 16.2. The number of hydrogen-bond donors (Lipinski definition) is 2. The van der Waals surface area contributed by atoms with Crippen LogP contribution in [-0.4, -0.2) is 27.1 Å². The van der Waals surface area contributed by atoms with Crippen LogP contribution in [0.5, 0.6) is 0 Å². The number of nitrogens with one attached hydrogen (secondary N) is 1. The fourth-order valence-corrected chi connectivity index (χ4v) is 1.97. The van der Waals surface area contributed by atoms with Crippen molar-refractivity contribution in [3.8, 4) is 0 Å². The van der Waals surface area contributed by atoms with Crippen LogP contribution in [0.1, 0.15) is 32.6 Å². The van der Waals surface area contributed by atoms with Crippen molar-refractivity contribution in [2.45, 2.75) is 25.9 Å². The molecule has 0 bridgehead atoms. The predicted molar refractivity (Wildman–Crippen MR) is 79.7 cm³/mol. The largest absolute Gasteiger partial charge is 0.480 e. The van der Waals surface area contributed by atoms with E-state index in [9.17, 15) is 9.90 Å². The molecule has 2 aromatic heterocycles. The van der Waals surface area contributed by atoms with Crippen LogP contribution >= 0.6 is 0 Å². The molecule has 2 rings (SSSR count). The van der Waals surface area contributed by atoms with Gasteiger partial charge in [0.15, 0.2) is 0 Å². The highest BCUT2D eigenvalue weighted by Crippen LogP contribution is 2.20. The van der Waals surface area contributed by atoms with Crippen LogP contribution in [0, 0.1) is 5.92 Å². The summed E-state index contributed by atoms with van der Waals surface area (Å²) in [5.41, 5.74) is 0.807. The molecule has 0 spiro atoms. The zero-order valence-electron chi connectivity index (χ0n) is 13.0. The highest BCUT2D eigenvalue weighted by atomic mass is 16.4. The van der Waals surface area contributed by atoms with Gasteiger partial charge in [0, 0.05) is 12.4 Å². The van der Waals surface area contributed by atoms with Gasteiger partial charge < -0.3 is 5.11 Å². The molecule has 0 aliphatic rings. The van der Waals surface area contributed by atoms with E-state index >= 15 is 0 Å². The first kappa shape index (κ1) is 13.7. The van der Waals surface area contributed by atoms with Gasteiger partial charge in [-0.3, -0.25) is 20.1 Å². The molecule has 0 amide bonds. The summed E-state index contributed by atoms with van der Waals surface area (Å²) in [4.78, 5) is 19.9. The molecule has 5 heteroatoms. The van der Waals surface area contributed by atoms with Crippen LogP contribution in [0.2, 0.25) is 0 Å². The summed E-state index contributed by atoms with van der Waals surface area (Å²) in [6.07, 6.45) is 3.16. The van der Waals surface area contributed by atoms with E-state index in [1.807, 2.05) is 0 Å². The van der Waals surface area contributed by atoms with E-state index in [1.54, 1.807) is 62.6 Å². The topological polar surface area (TPSA) is 75.1 Å². The predicted octanol–water partition coefficient (Wildman–Crippen LogP) is 2.26. The van der Waals surface area contributed by atoms with Crippen molar-refractivity contribution in [2.24, 2.45) is 5.92 Å². The lowest BCUT2D eigenvalue weighted by molar-refractivity contribution is -0.140. The lowest BCUT2D eigenvalue weighted by Crippen LogP contribution is -2.43. The van der Waals surface area contributed by atoms with Crippen LogP contribution in [0.15, 0.2) is 48.8 Å². The number of rotatable bonds is 6. The molecular formula is C16H19N3O2. The number of carboxylic acid groups (broad SMARTS) is 1. The van der Waals surface area contributed by atoms with E-state index in [2.05, 4.69) is 15.3 Å².